The summed E-state index contributed by atoms with van der Waals surface area (Å²) in [7, 11) is 1.69. The van der Waals surface area contributed by atoms with E-state index in [1.807, 2.05) is 36.7 Å². The summed E-state index contributed by atoms with van der Waals surface area (Å²) in [5, 5.41) is 9.37. The zero-order chi connectivity index (χ0) is 19.7. The van der Waals surface area contributed by atoms with Crippen molar-refractivity contribution in [2.24, 2.45) is 0 Å². The Kier molecular flexibility index (Phi) is 4.93. The van der Waals surface area contributed by atoms with Gasteiger partial charge in [-0.15, -0.1) is 0 Å². The maximum Gasteiger partial charge on any atom is 0.126 e. The molecular weight excluding hydrogens is 350 g/mol. The van der Waals surface area contributed by atoms with E-state index in [1.54, 1.807) is 7.11 Å². The molecule has 1 aliphatic heterocycles. The van der Waals surface area contributed by atoms with Crippen molar-refractivity contribution in [3.8, 4) is 22.9 Å². The van der Waals surface area contributed by atoms with E-state index in [0.29, 0.717) is 5.69 Å². The molecule has 0 unspecified atom stereocenters. The highest BCUT2D eigenvalue weighted by Gasteiger charge is 2.20. The molecule has 0 amide bonds. The zero-order valence-corrected chi connectivity index (χ0v) is 16.6. The van der Waals surface area contributed by atoms with E-state index >= 15 is 0 Å². The number of hydrogen-bond acceptors (Lipinski definition) is 4. The van der Waals surface area contributed by atoms with Gasteiger partial charge in [0.1, 0.15) is 23.3 Å². The highest BCUT2D eigenvalue weighted by atomic mass is 16.5. The number of ether oxygens (including phenoxy) is 1. The van der Waals surface area contributed by atoms with Gasteiger partial charge in [-0.05, 0) is 37.6 Å². The highest BCUT2D eigenvalue weighted by molar-refractivity contribution is 5.72. The lowest BCUT2D eigenvalue weighted by molar-refractivity contribution is 0.241. The number of aryl methyl sites for hydroxylation is 2. The molecule has 3 aromatic rings. The molecular formula is C22H25N5O. The molecule has 2 aromatic heterocycles. The Bertz CT molecular complexity index is 1040. The summed E-state index contributed by atoms with van der Waals surface area (Å²) in [5.74, 6) is 1.82. The van der Waals surface area contributed by atoms with E-state index in [9.17, 15) is 5.26 Å². The fourth-order valence-electron chi connectivity index (χ4n) is 3.98. The van der Waals surface area contributed by atoms with Gasteiger partial charge in [-0.2, -0.15) is 5.26 Å². The summed E-state index contributed by atoms with van der Waals surface area (Å²) in [4.78, 5) is 10.4. The van der Waals surface area contributed by atoms with E-state index in [0.717, 1.165) is 55.3 Å². The lowest BCUT2D eigenvalue weighted by Crippen LogP contribution is -2.30. The van der Waals surface area contributed by atoms with Crippen molar-refractivity contribution in [2.45, 2.75) is 39.9 Å². The zero-order valence-electron chi connectivity index (χ0n) is 16.6. The summed E-state index contributed by atoms with van der Waals surface area (Å²) in [6.07, 6.45) is 3.01. The summed E-state index contributed by atoms with van der Waals surface area (Å²) in [5.41, 5.74) is 6.38. The van der Waals surface area contributed by atoms with Crippen LogP contribution in [0.3, 0.4) is 0 Å². The van der Waals surface area contributed by atoms with Gasteiger partial charge in [-0.3, -0.25) is 4.90 Å². The minimum absolute atomic E-state index is 0.670. The van der Waals surface area contributed by atoms with Gasteiger partial charge >= 0.3 is 0 Å². The van der Waals surface area contributed by atoms with Crippen LogP contribution in [0, 0.1) is 18.3 Å². The van der Waals surface area contributed by atoms with Crippen LogP contribution in [0.5, 0.6) is 5.75 Å². The van der Waals surface area contributed by atoms with Crippen molar-refractivity contribution >= 4 is 0 Å². The highest BCUT2D eigenvalue weighted by Crippen LogP contribution is 2.33. The van der Waals surface area contributed by atoms with Gasteiger partial charge in [0.05, 0.1) is 18.5 Å². The Labute approximate surface area is 165 Å². The number of methoxy groups -OCH3 is 1. The number of imidazole rings is 1. The van der Waals surface area contributed by atoms with Crippen LogP contribution in [0.1, 0.15) is 35.4 Å². The van der Waals surface area contributed by atoms with E-state index in [-0.39, 0.29) is 0 Å². The second-order valence-electron chi connectivity index (χ2n) is 7.25. The van der Waals surface area contributed by atoms with Gasteiger partial charge in [0.15, 0.2) is 0 Å². The van der Waals surface area contributed by atoms with Gasteiger partial charge < -0.3 is 14.3 Å². The maximum atomic E-state index is 9.37. The third-order valence-electron chi connectivity index (χ3n) is 5.36. The van der Waals surface area contributed by atoms with Crippen LogP contribution in [0.2, 0.25) is 0 Å². The van der Waals surface area contributed by atoms with E-state index in [1.165, 1.54) is 17.0 Å². The minimum Gasteiger partial charge on any atom is -0.496 e. The molecule has 144 valence electrons. The number of fused-ring (bicyclic) bond motifs is 1. The van der Waals surface area contributed by atoms with E-state index < -0.39 is 0 Å². The molecule has 6 heteroatoms. The number of nitrogens with zero attached hydrogens (tertiary/aromatic N) is 4. The van der Waals surface area contributed by atoms with Gasteiger partial charge in [0.2, 0.25) is 0 Å². The maximum absolute atomic E-state index is 9.37. The van der Waals surface area contributed by atoms with Crippen molar-refractivity contribution in [3.63, 3.8) is 0 Å². The molecule has 0 aliphatic carbocycles. The van der Waals surface area contributed by atoms with Crippen molar-refractivity contribution in [1.82, 2.24) is 19.4 Å². The molecule has 0 saturated heterocycles. The third kappa shape index (κ3) is 3.41. The van der Waals surface area contributed by atoms with Crippen molar-refractivity contribution in [2.75, 3.05) is 13.7 Å². The Balaban J connectivity index is 1.61. The van der Waals surface area contributed by atoms with Crippen molar-refractivity contribution in [1.29, 1.82) is 5.26 Å². The molecule has 0 bridgehead atoms. The average molecular weight is 375 g/mol. The molecule has 1 aliphatic rings. The van der Waals surface area contributed by atoms with Gasteiger partial charge in [-0.25, -0.2) is 4.98 Å². The second kappa shape index (κ2) is 7.53. The number of benzene rings is 1. The van der Waals surface area contributed by atoms with Crippen molar-refractivity contribution < 1.29 is 4.74 Å². The standard InChI is InChI=1S/C22H25N5O/c1-4-27-13-17(10-18(27)11-23)19-9-16(5-6-22(19)28-3)12-26-8-7-20-21(14-26)25-15(2)24-20/h5-6,9-10,13H,4,7-8,12,14H2,1-3H3,(H,24,25). The van der Waals surface area contributed by atoms with Gasteiger partial charge in [-0.1, -0.05) is 6.07 Å². The molecule has 3 heterocycles. The van der Waals surface area contributed by atoms with Crippen LogP contribution in [0.25, 0.3) is 11.1 Å². The molecule has 0 fully saturated rings. The molecule has 6 nitrogen and oxygen atoms in total. The second-order valence-corrected chi connectivity index (χ2v) is 7.25. The molecule has 0 saturated carbocycles. The lowest BCUT2D eigenvalue weighted by atomic mass is 10.0. The Morgan fingerprint density at radius 2 is 2.18 bits per heavy atom. The van der Waals surface area contributed by atoms with E-state index in [4.69, 9.17) is 4.74 Å². The van der Waals surface area contributed by atoms with Crippen LogP contribution in [0.15, 0.2) is 30.5 Å². The average Bonchev–Trinajstić information content (AvgIpc) is 3.29. The summed E-state index contributed by atoms with van der Waals surface area (Å²) in [6.45, 7) is 7.58. The quantitative estimate of drug-likeness (QED) is 0.739. The number of aromatic amines is 1. The molecule has 1 N–H and O–H groups in total. The topological polar surface area (TPSA) is 69.9 Å². The summed E-state index contributed by atoms with van der Waals surface area (Å²) >= 11 is 0. The first kappa shape index (κ1) is 18.3. The van der Waals surface area contributed by atoms with Gasteiger partial charge in [0.25, 0.3) is 0 Å². The van der Waals surface area contributed by atoms with Gasteiger partial charge in [0, 0.05) is 49.9 Å². The first-order chi connectivity index (χ1) is 13.6. The summed E-state index contributed by atoms with van der Waals surface area (Å²) < 4.78 is 7.56. The van der Waals surface area contributed by atoms with Crippen LogP contribution in [-0.4, -0.2) is 33.1 Å². The first-order valence-corrected chi connectivity index (χ1v) is 9.65. The predicted molar refractivity (Wildman–Crippen MR) is 108 cm³/mol. The number of nitrogens with one attached hydrogen (secondary N) is 1. The normalized spacial score (nSPS) is 13.9. The van der Waals surface area contributed by atoms with Crippen molar-refractivity contribution in [3.05, 3.63) is 58.9 Å². The summed E-state index contributed by atoms with van der Waals surface area (Å²) in [6, 6.07) is 10.5. The number of aromatic nitrogens is 3. The van der Waals surface area contributed by atoms with Crippen LogP contribution < -0.4 is 4.74 Å². The fourth-order valence-corrected chi connectivity index (χ4v) is 3.98. The molecule has 1 aromatic carbocycles. The third-order valence-corrected chi connectivity index (χ3v) is 5.36. The van der Waals surface area contributed by atoms with Crippen LogP contribution in [-0.2, 0) is 26.1 Å². The lowest BCUT2D eigenvalue weighted by Gasteiger charge is -2.26. The molecule has 28 heavy (non-hydrogen) atoms. The van der Waals surface area contributed by atoms with Crippen LogP contribution >= 0.6 is 0 Å². The SMILES string of the molecule is CCn1cc(-c2cc(CN3CCc4nc(C)[nH]c4C3)ccc2OC)cc1C#N. The minimum atomic E-state index is 0.670. The first-order valence-electron chi connectivity index (χ1n) is 9.65. The fraction of sp³-hybridized carbons (Fsp3) is 0.364. The molecule has 0 radical (unpaired) electrons. The monoisotopic (exact) mass is 375 g/mol. The van der Waals surface area contributed by atoms with Crippen LogP contribution in [0.4, 0.5) is 0 Å². The number of hydrogen-bond donors (Lipinski definition) is 1. The smallest absolute Gasteiger partial charge is 0.126 e. The Morgan fingerprint density at radius 1 is 1.32 bits per heavy atom. The Morgan fingerprint density at radius 3 is 2.89 bits per heavy atom. The number of rotatable bonds is 5. The number of nitriles is 1. The molecule has 0 atom stereocenters. The predicted octanol–water partition coefficient (Wildman–Crippen LogP) is 3.65. The Hall–Kier alpha value is -3.04. The van der Waals surface area contributed by atoms with E-state index in [2.05, 4.69) is 33.1 Å². The molecule has 4 rings (SSSR count). The number of H-pyrrole nitrogens is 1. The largest absolute Gasteiger partial charge is 0.496 e. The molecule has 0 spiro atoms.